The fourth-order valence-electron chi connectivity index (χ4n) is 5.37. The molecule has 0 aromatic carbocycles. The third kappa shape index (κ3) is 21.6. The third-order valence-electron chi connectivity index (χ3n) is 7.58. The zero-order valence-electron chi connectivity index (χ0n) is 22.4. The van der Waals surface area contributed by atoms with Crippen molar-refractivity contribution >= 4 is 0 Å². The van der Waals surface area contributed by atoms with Crippen LogP contribution in [0.4, 0.5) is 0 Å². The second-order valence-electron chi connectivity index (χ2n) is 10.4. The molecule has 2 unspecified atom stereocenters. The fraction of sp³-hybridized carbons (Fsp3) is 1.00. The highest BCUT2D eigenvalue weighted by Crippen LogP contribution is 2.32. The Balaban J connectivity index is 4.18. The van der Waals surface area contributed by atoms with Crippen LogP contribution < -0.4 is 5.73 Å². The monoisotopic (exact) mass is 437 g/mol. The summed E-state index contributed by atoms with van der Waals surface area (Å²) in [4.78, 5) is 0. The van der Waals surface area contributed by atoms with E-state index in [1.54, 1.807) is 0 Å². The van der Waals surface area contributed by atoms with Crippen molar-refractivity contribution in [3.8, 4) is 0 Å². The highest BCUT2D eigenvalue weighted by molar-refractivity contribution is 4.71. The minimum atomic E-state index is 0.872. The largest absolute Gasteiger partial charge is 0.330 e. The van der Waals surface area contributed by atoms with Crippen molar-refractivity contribution in [2.75, 3.05) is 6.54 Å². The van der Waals surface area contributed by atoms with E-state index in [1.807, 2.05) is 0 Å². The summed E-state index contributed by atoms with van der Waals surface area (Å²) in [5.74, 6) is 2.00. The normalized spacial score (nSPS) is 13.5. The van der Waals surface area contributed by atoms with Crippen LogP contribution in [-0.2, 0) is 0 Å². The second kappa shape index (κ2) is 26.2. The molecule has 0 aromatic rings. The summed E-state index contributed by atoms with van der Waals surface area (Å²) < 4.78 is 0. The maximum atomic E-state index is 5.62. The van der Waals surface area contributed by atoms with Crippen LogP contribution in [0.1, 0.15) is 175 Å². The lowest BCUT2D eigenvalue weighted by Gasteiger charge is -2.27. The number of unbranched alkanes of at least 4 members (excludes halogenated alkanes) is 17. The number of nitrogens with two attached hydrogens (primary N) is 1. The molecule has 2 atom stereocenters. The SMILES string of the molecule is CCCCCCCCCCC(CCCCCCCC)C(CC)CCCCCCCCN. The van der Waals surface area contributed by atoms with Crippen molar-refractivity contribution in [1.29, 1.82) is 0 Å². The van der Waals surface area contributed by atoms with Crippen molar-refractivity contribution in [3.63, 3.8) is 0 Å². The Kier molecular flexibility index (Phi) is 26.2. The molecule has 0 fully saturated rings. The van der Waals surface area contributed by atoms with Crippen molar-refractivity contribution in [1.82, 2.24) is 0 Å². The molecule has 1 nitrogen and oxygen atoms in total. The highest BCUT2D eigenvalue weighted by atomic mass is 14.5. The van der Waals surface area contributed by atoms with E-state index in [0.29, 0.717) is 0 Å². The molecule has 0 heterocycles. The van der Waals surface area contributed by atoms with Crippen LogP contribution in [0.15, 0.2) is 0 Å². The van der Waals surface area contributed by atoms with E-state index in [0.717, 1.165) is 18.4 Å². The summed E-state index contributed by atoms with van der Waals surface area (Å²) >= 11 is 0. The van der Waals surface area contributed by atoms with Crippen LogP contribution in [0.25, 0.3) is 0 Å². The molecule has 2 N–H and O–H groups in total. The maximum Gasteiger partial charge on any atom is -0.00773 e. The van der Waals surface area contributed by atoms with Gasteiger partial charge >= 0.3 is 0 Å². The highest BCUT2D eigenvalue weighted by Gasteiger charge is 2.19. The van der Waals surface area contributed by atoms with Crippen LogP contribution in [-0.4, -0.2) is 6.54 Å². The first kappa shape index (κ1) is 31.0. The molecule has 0 amide bonds. The number of rotatable bonds is 26. The Hall–Kier alpha value is -0.0400. The van der Waals surface area contributed by atoms with Crippen LogP contribution in [0.2, 0.25) is 0 Å². The zero-order valence-corrected chi connectivity index (χ0v) is 22.4. The van der Waals surface area contributed by atoms with Gasteiger partial charge in [0.05, 0.1) is 0 Å². The minimum Gasteiger partial charge on any atom is -0.330 e. The zero-order chi connectivity index (χ0) is 22.8. The molecule has 188 valence electrons. The summed E-state index contributed by atoms with van der Waals surface area (Å²) in [5, 5.41) is 0. The van der Waals surface area contributed by atoms with Gasteiger partial charge in [-0.1, -0.05) is 168 Å². The molecule has 0 saturated heterocycles. The molecular weight excluding hydrogens is 374 g/mol. The van der Waals surface area contributed by atoms with Crippen LogP contribution in [0.3, 0.4) is 0 Å². The van der Waals surface area contributed by atoms with Crippen LogP contribution in [0.5, 0.6) is 0 Å². The average molecular weight is 438 g/mol. The first-order valence-corrected chi connectivity index (χ1v) is 15.0. The Bertz CT molecular complexity index is 314. The van der Waals surface area contributed by atoms with E-state index in [4.69, 9.17) is 5.73 Å². The van der Waals surface area contributed by atoms with E-state index < -0.39 is 0 Å². The van der Waals surface area contributed by atoms with Gasteiger partial charge < -0.3 is 5.73 Å². The lowest BCUT2D eigenvalue weighted by Crippen LogP contribution is -2.15. The maximum absolute atomic E-state index is 5.62. The molecule has 0 aromatic heterocycles. The fourth-order valence-corrected chi connectivity index (χ4v) is 5.37. The molecular formula is C30H63N. The van der Waals surface area contributed by atoms with Gasteiger partial charge in [0, 0.05) is 0 Å². The van der Waals surface area contributed by atoms with Crippen LogP contribution in [0, 0.1) is 11.8 Å². The molecule has 0 aliphatic rings. The van der Waals surface area contributed by atoms with Crippen molar-refractivity contribution in [2.24, 2.45) is 17.6 Å². The summed E-state index contributed by atoms with van der Waals surface area (Å²) in [6.45, 7) is 7.98. The van der Waals surface area contributed by atoms with Gasteiger partial charge in [0.1, 0.15) is 0 Å². The summed E-state index contributed by atoms with van der Waals surface area (Å²) in [5.41, 5.74) is 5.62. The predicted octanol–water partition coefficient (Wildman–Crippen LogP) is 10.6. The topological polar surface area (TPSA) is 26.0 Å². The average Bonchev–Trinajstić information content (AvgIpc) is 2.78. The molecule has 0 aliphatic carbocycles. The van der Waals surface area contributed by atoms with Gasteiger partial charge in [-0.3, -0.25) is 0 Å². The molecule has 0 aliphatic heterocycles. The Morgan fingerprint density at radius 1 is 0.387 bits per heavy atom. The quantitative estimate of drug-likeness (QED) is 0.134. The van der Waals surface area contributed by atoms with Crippen LogP contribution >= 0.6 is 0 Å². The summed E-state index contributed by atoms with van der Waals surface area (Å²) in [6.07, 6.45) is 34.6. The first-order chi connectivity index (χ1) is 15.3. The minimum absolute atomic E-state index is 0.872. The van der Waals surface area contributed by atoms with E-state index in [2.05, 4.69) is 20.8 Å². The molecule has 0 saturated carbocycles. The van der Waals surface area contributed by atoms with Crippen molar-refractivity contribution in [2.45, 2.75) is 175 Å². The third-order valence-corrected chi connectivity index (χ3v) is 7.58. The molecule has 0 spiro atoms. The molecule has 1 heteroatoms. The van der Waals surface area contributed by atoms with E-state index in [9.17, 15) is 0 Å². The molecule has 0 rings (SSSR count). The first-order valence-electron chi connectivity index (χ1n) is 15.0. The number of hydrogen-bond donors (Lipinski definition) is 1. The predicted molar refractivity (Wildman–Crippen MR) is 144 cm³/mol. The van der Waals surface area contributed by atoms with E-state index >= 15 is 0 Å². The Labute approximate surface area is 199 Å². The lowest BCUT2D eigenvalue weighted by molar-refractivity contribution is 0.249. The van der Waals surface area contributed by atoms with E-state index in [-0.39, 0.29) is 0 Å². The number of hydrogen-bond acceptors (Lipinski definition) is 1. The molecule has 0 bridgehead atoms. The van der Waals surface area contributed by atoms with Gasteiger partial charge in [0.15, 0.2) is 0 Å². The lowest BCUT2D eigenvalue weighted by atomic mass is 9.79. The van der Waals surface area contributed by atoms with Gasteiger partial charge in [-0.25, -0.2) is 0 Å². The van der Waals surface area contributed by atoms with Crippen molar-refractivity contribution in [3.05, 3.63) is 0 Å². The summed E-state index contributed by atoms with van der Waals surface area (Å²) in [7, 11) is 0. The summed E-state index contributed by atoms with van der Waals surface area (Å²) in [6, 6.07) is 0. The Morgan fingerprint density at radius 2 is 0.710 bits per heavy atom. The van der Waals surface area contributed by atoms with Crippen molar-refractivity contribution < 1.29 is 0 Å². The van der Waals surface area contributed by atoms with Gasteiger partial charge in [0.2, 0.25) is 0 Å². The Morgan fingerprint density at radius 3 is 1.06 bits per heavy atom. The van der Waals surface area contributed by atoms with E-state index in [1.165, 1.54) is 154 Å². The van der Waals surface area contributed by atoms with Gasteiger partial charge in [-0.15, -0.1) is 0 Å². The molecule has 31 heavy (non-hydrogen) atoms. The standard InChI is InChI=1S/C30H63N/c1-4-7-9-11-13-14-19-23-27-30(26-22-17-12-10-8-5-2)29(6-3)25-21-18-15-16-20-24-28-31/h29-30H,4-28,31H2,1-3H3. The van der Waals surface area contributed by atoms with Gasteiger partial charge in [0.25, 0.3) is 0 Å². The molecule has 0 radical (unpaired) electrons. The second-order valence-corrected chi connectivity index (χ2v) is 10.4. The van der Waals surface area contributed by atoms with Gasteiger partial charge in [-0.2, -0.15) is 0 Å². The van der Waals surface area contributed by atoms with Gasteiger partial charge in [-0.05, 0) is 24.8 Å². The smallest absolute Gasteiger partial charge is 0.00773 e.